The molecule has 7 nitrogen and oxygen atoms in total. The SMILES string of the molecule is COc1ccccc1N1C(=O)N[C@@](NC(=O)C2CC2)(C(F)(F)F)C1=O. The Morgan fingerprint density at radius 2 is 1.96 bits per heavy atom. The van der Waals surface area contributed by atoms with Crippen LogP contribution in [0.25, 0.3) is 0 Å². The molecule has 1 aliphatic carbocycles. The highest BCUT2D eigenvalue weighted by Gasteiger charge is 2.69. The maximum atomic E-state index is 13.6. The number of alkyl halides is 3. The van der Waals surface area contributed by atoms with Gasteiger partial charge in [-0.05, 0) is 25.0 Å². The van der Waals surface area contributed by atoms with Gasteiger partial charge in [-0.2, -0.15) is 13.2 Å². The first-order valence-electron chi connectivity index (χ1n) is 7.40. The van der Waals surface area contributed by atoms with Crippen molar-refractivity contribution in [3.8, 4) is 5.75 Å². The van der Waals surface area contributed by atoms with E-state index in [0.717, 1.165) is 0 Å². The Kier molecular flexibility index (Phi) is 3.85. The average Bonchev–Trinajstić information content (AvgIpc) is 3.35. The number of methoxy groups -OCH3 is 1. The fourth-order valence-electron chi connectivity index (χ4n) is 2.54. The fraction of sp³-hybridized carbons (Fsp3) is 0.400. The quantitative estimate of drug-likeness (QED) is 0.800. The van der Waals surface area contributed by atoms with Crippen molar-refractivity contribution in [1.82, 2.24) is 10.6 Å². The van der Waals surface area contributed by atoms with Gasteiger partial charge >= 0.3 is 12.2 Å². The maximum absolute atomic E-state index is 13.6. The Hall–Kier alpha value is -2.78. The first kappa shape index (κ1) is 17.1. The van der Waals surface area contributed by atoms with Crippen molar-refractivity contribution in [3.05, 3.63) is 24.3 Å². The third-order valence-electron chi connectivity index (χ3n) is 4.03. The van der Waals surface area contributed by atoms with E-state index in [2.05, 4.69) is 0 Å². The summed E-state index contributed by atoms with van der Waals surface area (Å²) in [5, 5.41) is 3.28. The normalized spacial score (nSPS) is 23.4. The minimum Gasteiger partial charge on any atom is -0.495 e. The molecule has 2 N–H and O–H groups in total. The molecule has 1 heterocycles. The molecular weight excluding hydrogens is 343 g/mol. The molecule has 0 bridgehead atoms. The number of hydrogen-bond acceptors (Lipinski definition) is 4. The molecule has 134 valence electrons. The molecule has 4 amide bonds. The monoisotopic (exact) mass is 357 g/mol. The number of carbonyl (C=O) groups excluding carboxylic acids is 3. The highest BCUT2D eigenvalue weighted by atomic mass is 19.4. The van der Waals surface area contributed by atoms with Crippen molar-refractivity contribution >= 4 is 23.5 Å². The van der Waals surface area contributed by atoms with Gasteiger partial charge in [0.2, 0.25) is 5.91 Å². The van der Waals surface area contributed by atoms with Gasteiger partial charge in [-0.15, -0.1) is 0 Å². The van der Waals surface area contributed by atoms with Crippen molar-refractivity contribution < 1.29 is 32.3 Å². The number of urea groups is 1. The molecule has 0 spiro atoms. The third kappa shape index (κ3) is 2.67. The zero-order valence-electron chi connectivity index (χ0n) is 13.0. The topological polar surface area (TPSA) is 87.7 Å². The standard InChI is InChI=1S/C15H14F3N3O4/c1-25-10-5-3-2-4-9(10)21-12(23)14(15(16,17)18,20-13(21)24)19-11(22)8-6-7-8/h2-5,8H,6-7H2,1H3,(H,19,22)(H,20,24)/t14-/m1/s1. The summed E-state index contributed by atoms with van der Waals surface area (Å²) in [6.45, 7) is 0. The number of ether oxygens (including phenoxy) is 1. The smallest absolute Gasteiger partial charge is 0.440 e. The van der Waals surface area contributed by atoms with Gasteiger partial charge in [0.25, 0.3) is 11.6 Å². The van der Waals surface area contributed by atoms with Gasteiger partial charge in [-0.3, -0.25) is 14.9 Å². The van der Waals surface area contributed by atoms with E-state index in [-0.39, 0.29) is 11.4 Å². The molecule has 0 radical (unpaired) electrons. The van der Waals surface area contributed by atoms with Crippen molar-refractivity contribution in [3.63, 3.8) is 0 Å². The van der Waals surface area contributed by atoms with Crippen LogP contribution in [0.1, 0.15) is 12.8 Å². The molecule has 1 saturated carbocycles. The zero-order valence-corrected chi connectivity index (χ0v) is 13.0. The number of hydrogen-bond donors (Lipinski definition) is 2. The predicted octanol–water partition coefficient (Wildman–Crippen LogP) is 1.54. The Bertz CT molecular complexity index is 748. The summed E-state index contributed by atoms with van der Waals surface area (Å²) in [5.41, 5.74) is -3.65. The van der Waals surface area contributed by atoms with Crippen LogP contribution < -0.4 is 20.3 Å². The van der Waals surface area contributed by atoms with Crippen molar-refractivity contribution in [1.29, 1.82) is 0 Å². The molecule has 0 unspecified atom stereocenters. The molecule has 1 aromatic rings. The Morgan fingerprint density at radius 1 is 1.32 bits per heavy atom. The molecule has 1 atom stereocenters. The molecule has 0 aromatic heterocycles. The highest BCUT2D eigenvalue weighted by Crippen LogP contribution is 2.39. The minimum atomic E-state index is -5.22. The summed E-state index contributed by atoms with van der Waals surface area (Å²) < 4.78 is 45.9. The summed E-state index contributed by atoms with van der Waals surface area (Å²) >= 11 is 0. The van der Waals surface area contributed by atoms with Crippen LogP contribution in [0.2, 0.25) is 0 Å². The van der Waals surface area contributed by atoms with E-state index in [1.54, 1.807) is 10.6 Å². The molecule has 1 aliphatic heterocycles. The molecular formula is C15H14F3N3O4. The minimum absolute atomic E-state index is 0.0393. The number of imide groups is 1. The lowest BCUT2D eigenvalue weighted by Gasteiger charge is -2.30. The number of nitrogens with zero attached hydrogens (tertiary/aromatic N) is 1. The van der Waals surface area contributed by atoms with Gasteiger partial charge in [0.1, 0.15) is 5.75 Å². The third-order valence-corrected chi connectivity index (χ3v) is 4.03. The van der Waals surface area contributed by atoms with E-state index in [0.29, 0.717) is 17.7 Å². The van der Waals surface area contributed by atoms with Gasteiger partial charge in [0, 0.05) is 5.92 Å². The van der Waals surface area contributed by atoms with Crippen LogP contribution in [0.5, 0.6) is 5.75 Å². The number of nitrogens with one attached hydrogen (secondary N) is 2. The number of rotatable bonds is 4. The van der Waals surface area contributed by atoms with Crippen molar-refractivity contribution in [2.24, 2.45) is 5.92 Å². The molecule has 2 aliphatic rings. The molecule has 25 heavy (non-hydrogen) atoms. The molecule has 3 rings (SSSR count). The van der Waals surface area contributed by atoms with Crippen LogP contribution in [0.3, 0.4) is 0 Å². The second kappa shape index (κ2) is 5.64. The first-order valence-corrected chi connectivity index (χ1v) is 7.40. The Balaban J connectivity index is 2.03. The number of benzene rings is 1. The summed E-state index contributed by atoms with van der Waals surface area (Å²) in [6.07, 6.45) is -4.34. The van der Waals surface area contributed by atoms with Gasteiger partial charge < -0.3 is 10.1 Å². The van der Waals surface area contributed by atoms with Gasteiger partial charge in [0.15, 0.2) is 0 Å². The number of carbonyl (C=O) groups is 3. The van der Waals surface area contributed by atoms with E-state index >= 15 is 0 Å². The van der Waals surface area contributed by atoms with E-state index in [1.807, 2.05) is 0 Å². The number of amides is 4. The fourth-order valence-corrected chi connectivity index (χ4v) is 2.54. The van der Waals surface area contributed by atoms with E-state index in [1.165, 1.54) is 31.4 Å². The Labute approximate surface area is 140 Å². The zero-order chi connectivity index (χ0) is 18.4. The lowest BCUT2D eigenvalue weighted by molar-refractivity contribution is -0.201. The second-order valence-corrected chi connectivity index (χ2v) is 5.75. The first-order chi connectivity index (χ1) is 11.7. The van der Waals surface area contributed by atoms with Crippen LogP contribution in [0, 0.1) is 5.92 Å². The summed E-state index contributed by atoms with van der Waals surface area (Å²) in [6, 6.07) is 4.34. The van der Waals surface area contributed by atoms with Crippen LogP contribution in [0.4, 0.5) is 23.7 Å². The molecule has 10 heteroatoms. The van der Waals surface area contributed by atoms with Crippen LogP contribution in [-0.4, -0.2) is 36.8 Å². The van der Waals surface area contributed by atoms with Gasteiger partial charge in [-0.1, -0.05) is 12.1 Å². The largest absolute Gasteiger partial charge is 0.495 e. The van der Waals surface area contributed by atoms with Crippen LogP contribution in [-0.2, 0) is 9.59 Å². The highest BCUT2D eigenvalue weighted by molar-refractivity contribution is 6.24. The maximum Gasteiger partial charge on any atom is 0.440 e. The number of anilines is 1. The predicted molar refractivity (Wildman–Crippen MR) is 78.7 cm³/mol. The van der Waals surface area contributed by atoms with E-state index in [9.17, 15) is 27.6 Å². The summed E-state index contributed by atoms with van der Waals surface area (Å²) in [5.74, 6) is -3.10. The summed E-state index contributed by atoms with van der Waals surface area (Å²) in [4.78, 5) is 36.9. The Morgan fingerprint density at radius 3 is 2.52 bits per heavy atom. The molecule has 2 fully saturated rings. The van der Waals surface area contributed by atoms with Crippen molar-refractivity contribution in [2.45, 2.75) is 24.7 Å². The summed E-state index contributed by atoms with van der Waals surface area (Å²) in [7, 11) is 1.25. The number of para-hydroxylation sites is 2. The van der Waals surface area contributed by atoms with Crippen molar-refractivity contribution in [2.75, 3.05) is 12.0 Å². The average molecular weight is 357 g/mol. The lowest BCUT2D eigenvalue weighted by Crippen LogP contribution is -2.69. The van der Waals surface area contributed by atoms with Crippen LogP contribution in [0.15, 0.2) is 24.3 Å². The molecule has 1 aromatic carbocycles. The lowest BCUT2D eigenvalue weighted by atomic mass is 10.1. The molecule has 1 saturated heterocycles. The van der Waals surface area contributed by atoms with Gasteiger partial charge in [0.05, 0.1) is 12.8 Å². The number of halogens is 3. The van der Waals surface area contributed by atoms with E-state index < -0.39 is 35.6 Å². The van der Waals surface area contributed by atoms with Gasteiger partial charge in [-0.25, -0.2) is 9.69 Å². The van der Waals surface area contributed by atoms with E-state index in [4.69, 9.17) is 4.74 Å². The van der Waals surface area contributed by atoms with Crippen LogP contribution >= 0.6 is 0 Å². The second-order valence-electron chi connectivity index (χ2n) is 5.75.